The van der Waals surface area contributed by atoms with Crippen molar-refractivity contribution in [2.45, 2.75) is 19.3 Å². The van der Waals surface area contributed by atoms with Gasteiger partial charge in [0.05, 0.1) is 5.69 Å². The topological polar surface area (TPSA) is 29.9 Å². The molecule has 1 aromatic rings. The van der Waals surface area contributed by atoms with E-state index >= 15 is 0 Å². The third kappa shape index (κ3) is 1.91. The zero-order valence-corrected chi connectivity index (χ0v) is 7.95. The van der Waals surface area contributed by atoms with Gasteiger partial charge in [-0.1, -0.05) is 0 Å². The van der Waals surface area contributed by atoms with E-state index in [9.17, 15) is 0 Å². The molecule has 1 aromatic heterocycles. The minimum absolute atomic E-state index is 1.11. The summed E-state index contributed by atoms with van der Waals surface area (Å²) in [5.41, 5.74) is 2.51. The quantitative estimate of drug-likeness (QED) is 0.705. The third-order valence-electron chi connectivity index (χ3n) is 2.41. The summed E-state index contributed by atoms with van der Waals surface area (Å²) in [4.78, 5) is 0. The van der Waals surface area contributed by atoms with Gasteiger partial charge in [-0.15, -0.1) is 0 Å². The first-order valence-corrected chi connectivity index (χ1v) is 4.79. The van der Waals surface area contributed by atoms with E-state index in [-0.39, 0.29) is 0 Å². The molecule has 0 unspecified atom stereocenters. The van der Waals surface area contributed by atoms with Crippen LogP contribution in [0.2, 0.25) is 0 Å². The fourth-order valence-electron chi connectivity index (χ4n) is 1.61. The van der Waals surface area contributed by atoms with Gasteiger partial charge in [0.15, 0.2) is 0 Å². The summed E-state index contributed by atoms with van der Waals surface area (Å²) in [6.45, 7) is 1.11. The second-order valence-corrected chi connectivity index (χ2v) is 3.43. The molecule has 1 aliphatic rings. The molecule has 0 aromatic carbocycles. The van der Waals surface area contributed by atoms with Crippen LogP contribution in [0.4, 0.5) is 0 Å². The lowest BCUT2D eigenvalue weighted by Crippen LogP contribution is -2.19. The number of piperidine rings is 1. The van der Waals surface area contributed by atoms with Crippen LogP contribution >= 0.6 is 0 Å². The van der Waals surface area contributed by atoms with Crippen LogP contribution in [0, 0.1) is 0 Å². The van der Waals surface area contributed by atoms with Gasteiger partial charge < -0.3 is 5.32 Å². The highest BCUT2D eigenvalue weighted by Gasteiger charge is 2.04. The zero-order chi connectivity index (χ0) is 9.10. The molecule has 0 radical (unpaired) electrons. The van der Waals surface area contributed by atoms with E-state index in [1.54, 1.807) is 0 Å². The second-order valence-electron chi connectivity index (χ2n) is 3.43. The smallest absolute Gasteiger partial charge is 0.0623 e. The van der Waals surface area contributed by atoms with Gasteiger partial charge in [0.25, 0.3) is 0 Å². The summed E-state index contributed by atoms with van der Waals surface area (Å²) in [5.74, 6) is 0. The van der Waals surface area contributed by atoms with Crippen LogP contribution in [0.25, 0.3) is 6.08 Å². The minimum atomic E-state index is 1.11. The van der Waals surface area contributed by atoms with Gasteiger partial charge in [0.2, 0.25) is 0 Å². The Labute approximate surface area is 78.4 Å². The molecule has 2 rings (SSSR count). The van der Waals surface area contributed by atoms with Crippen LogP contribution in [-0.2, 0) is 7.05 Å². The molecule has 1 N–H and O–H groups in total. The van der Waals surface area contributed by atoms with E-state index in [1.165, 1.54) is 30.7 Å². The van der Waals surface area contributed by atoms with Gasteiger partial charge in [-0.3, -0.25) is 4.68 Å². The van der Waals surface area contributed by atoms with E-state index in [0.29, 0.717) is 0 Å². The molecule has 1 saturated heterocycles. The van der Waals surface area contributed by atoms with E-state index in [0.717, 1.165) is 6.54 Å². The molecule has 0 bridgehead atoms. The normalized spacial score (nSPS) is 20.2. The number of aryl methyl sites for hydroxylation is 1. The lowest BCUT2D eigenvalue weighted by atomic mass is 10.1. The predicted octanol–water partition coefficient (Wildman–Crippen LogP) is 1.53. The van der Waals surface area contributed by atoms with Crippen LogP contribution in [0.5, 0.6) is 0 Å². The Balaban J connectivity index is 2.14. The Morgan fingerprint density at radius 1 is 1.54 bits per heavy atom. The molecule has 1 fully saturated rings. The summed E-state index contributed by atoms with van der Waals surface area (Å²) in [6.07, 6.45) is 7.78. The van der Waals surface area contributed by atoms with Crippen molar-refractivity contribution in [3.63, 3.8) is 0 Å². The Bertz CT molecular complexity index is 304. The number of hydrogen-bond acceptors (Lipinski definition) is 2. The van der Waals surface area contributed by atoms with Gasteiger partial charge in [-0.2, -0.15) is 5.10 Å². The summed E-state index contributed by atoms with van der Waals surface area (Å²) >= 11 is 0. The number of hydrogen-bond donors (Lipinski definition) is 1. The van der Waals surface area contributed by atoms with Crippen molar-refractivity contribution in [3.05, 3.63) is 23.7 Å². The number of nitrogens with zero attached hydrogens (tertiary/aromatic N) is 2. The standard InChI is InChI=1S/C10H15N3/c1-13-10(5-7-12-13)8-9-4-2-3-6-11-9/h5,7-8,11H,2-4,6H2,1H3. The van der Waals surface area contributed by atoms with Crippen LogP contribution in [-0.4, -0.2) is 16.3 Å². The first-order chi connectivity index (χ1) is 6.36. The molecule has 0 atom stereocenters. The first-order valence-electron chi connectivity index (χ1n) is 4.79. The monoisotopic (exact) mass is 177 g/mol. The number of aromatic nitrogens is 2. The van der Waals surface area contributed by atoms with Gasteiger partial charge in [-0.05, 0) is 31.4 Å². The summed E-state index contributed by atoms with van der Waals surface area (Å²) in [5, 5.41) is 7.53. The molecule has 1 aliphatic heterocycles. The predicted molar refractivity (Wildman–Crippen MR) is 53.0 cm³/mol. The molecule has 13 heavy (non-hydrogen) atoms. The lowest BCUT2D eigenvalue weighted by molar-refractivity contribution is 0.591. The number of nitrogens with one attached hydrogen (secondary N) is 1. The van der Waals surface area contributed by atoms with E-state index < -0.39 is 0 Å². The Kier molecular flexibility index (Phi) is 2.34. The van der Waals surface area contributed by atoms with Gasteiger partial charge >= 0.3 is 0 Å². The molecular formula is C10H15N3. The van der Waals surface area contributed by atoms with Crippen LogP contribution < -0.4 is 5.32 Å². The Morgan fingerprint density at radius 3 is 3.08 bits per heavy atom. The fourth-order valence-corrected chi connectivity index (χ4v) is 1.61. The van der Waals surface area contributed by atoms with Crippen molar-refractivity contribution in [2.75, 3.05) is 6.54 Å². The molecule has 2 heterocycles. The maximum Gasteiger partial charge on any atom is 0.0623 e. The van der Waals surface area contributed by atoms with Crippen molar-refractivity contribution in [2.24, 2.45) is 7.05 Å². The molecule has 0 spiro atoms. The molecule has 0 amide bonds. The third-order valence-corrected chi connectivity index (χ3v) is 2.41. The molecule has 0 aliphatic carbocycles. The molecule has 3 heteroatoms. The highest BCUT2D eigenvalue weighted by Crippen LogP contribution is 2.13. The maximum atomic E-state index is 4.13. The van der Waals surface area contributed by atoms with Crippen LogP contribution in [0.1, 0.15) is 25.0 Å². The molecule has 0 saturated carbocycles. The van der Waals surface area contributed by atoms with E-state index in [4.69, 9.17) is 0 Å². The van der Waals surface area contributed by atoms with Gasteiger partial charge in [0.1, 0.15) is 0 Å². The SMILES string of the molecule is Cn1nccc1C=C1CCCCN1. The van der Waals surface area contributed by atoms with E-state index in [2.05, 4.69) is 16.5 Å². The average molecular weight is 177 g/mol. The first kappa shape index (κ1) is 8.35. The van der Waals surface area contributed by atoms with E-state index in [1.807, 2.05) is 24.0 Å². The highest BCUT2D eigenvalue weighted by molar-refractivity contribution is 5.48. The largest absolute Gasteiger partial charge is 0.388 e. The zero-order valence-electron chi connectivity index (χ0n) is 7.95. The lowest BCUT2D eigenvalue weighted by Gasteiger charge is -2.16. The Hall–Kier alpha value is -1.25. The van der Waals surface area contributed by atoms with Crippen molar-refractivity contribution in [1.29, 1.82) is 0 Å². The fraction of sp³-hybridized carbons (Fsp3) is 0.500. The Morgan fingerprint density at radius 2 is 2.46 bits per heavy atom. The minimum Gasteiger partial charge on any atom is -0.388 e. The summed E-state index contributed by atoms with van der Waals surface area (Å²) in [6, 6.07) is 2.03. The van der Waals surface area contributed by atoms with Crippen molar-refractivity contribution >= 4 is 6.08 Å². The summed E-state index contributed by atoms with van der Waals surface area (Å²) in [7, 11) is 1.97. The average Bonchev–Trinajstić information content (AvgIpc) is 2.54. The molecule has 3 nitrogen and oxygen atoms in total. The van der Waals surface area contributed by atoms with Gasteiger partial charge in [0, 0.05) is 25.5 Å². The molecule has 70 valence electrons. The van der Waals surface area contributed by atoms with Gasteiger partial charge in [-0.25, -0.2) is 0 Å². The van der Waals surface area contributed by atoms with Crippen molar-refractivity contribution < 1.29 is 0 Å². The van der Waals surface area contributed by atoms with Crippen LogP contribution in [0.15, 0.2) is 18.0 Å². The van der Waals surface area contributed by atoms with Crippen molar-refractivity contribution in [1.82, 2.24) is 15.1 Å². The summed E-state index contributed by atoms with van der Waals surface area (Å²) < 4.78 is 1.89. The second kappa shape index (κ2) is 3.64. The molecular weight excluding hydrogens is 162 g/mol. The maximum absolute atomic E-state index is 4.13. The van der Waals surface area contributed by atoms with Crippen LogP contribution in [0.3, 0.4) is 0 Å². The number of allylic oxidation sites excluding steroid dienone is 1. The number of rotatable bonds is 1. The highest BCUT2D eigenvalue weighted by atomic mass is 15.2. The van der Waals surface area contributed by atoms with Crippen molar-refractivity contribution in [3.8, 4) is 0 Å².